The van der Waals surface area contributed by atoms with Gasteiger partial charge in [0.1, 0.15) is 5.75 Å². The summed E-state index contributed by atoms with van der Waals surface area (Å²) in [5.41, 5.74) is 4.19. The summed E-state index contributed by atoms with van der Waals surface area (Å²) in [5.74, 6) is 0.961. The van der Waals surface area contributed by atoms with E-state index in [1.165, 1.54) is 16.7 Å². The highest BCUT2D eigenvalue weighted by atomic mass is 16.5. The van der Waals surface area contributed by atoms with Crippen LogP contribution in [0.4, 0.5) is 0 Å². The molecule has 1 N–H and O–H groups in total. The molecule has 20 heavy (non-hydrogen) atoms. The zero-order valence-corrected chi connectivity index (χ0v) is 12.1. The molecular weight excluding hydrogens is 246 g/mol. The number of benzene rings is 2. The molecule has 0 aliphatic heterocycles. The van der Waals surface area contributed by atoms with Crippen LogP contribution in [0.2, 0.25) is 0 Å². The van der Waals surface area contributed by atoms with Gasteiger partial charge in [-0.05, 0) is 37.0 Å². The number of ether oxygens (including phenoxy) is 1. The van der Waals surface area contributed by atoms with Crippen molar-refractivity contribution >= 4 is 0 Å². The van der Waals surface area contributed by atoms with Crippen LogP contribution in [0.15, 0.2) is 48.5 Å². The van der Waals surface area contributed by atoms with Crippen LogP contribution in [-0.2, 0) is 12.8 Å². The molecule has 2 aromatic rings. The minimum Gasteiger partial charge on any atom is -0.496 e. The lowest BCUT2D eigenvalue weighted by atomic mass is 10.1. The minimum absolute atomic E-state index is 0.297. The van der Waals surface area contributed by atoms with E-state index in [2.05, 4.69) is 48.6 Å². The predicted molar refractivity (Wildman–Crippen MR) is 82.2 cm³/mol. The van der Waals surface area contributed by atoms with Crippen molar-refractivity contribution in [1.82, 2.24) is 5.32 Å². The zero-order chi connectivity index (χ0) is 13.9. The van der Waals surface area contributed by atoms with Gasteiger partial charge in [-0.2, -0.15) is 0 Å². The average Bonchev–Trinajstić information content (AvgIpc) is 2.89. The number of hydrogen-bond donors (Lipinski definition) is 1. The van der Waals surface area contributed by atoms with Gasteiger partial charge in [-0.3, -0.25) is 0 Å². The van der Waals surface area contributed by atoms with Crippen LogP contribution in [0, 0.1) is 0 Å². The molecule has 0 heterocycles. The first-order valence-corrected chi connectivity index (χ1v) is 7.23. The van der Waals surface area contributed by atoms with Crippen molar-refractivity contribution in [3.63, 3.8) is 0 Å². The van der Waals surface area contributed by atoms with Gasteiger partial charge < -0.3 is 10.1 Å². The van der Waals surface area contributed by atoms with Crippen molar-refractivity contribution in [3.8, 4) is 5.75 Å². The molecule has 2 heteroatoms. The number of fused-ring (bicyclic) bond motifs is 1. The smallest absolute Gasteiger partial charge is 0.123 e. The Balaban J connectivity index is 1.70. The molecule has 0 saturated carbocycles. The first kappa shape index (κ1) is 13.2. The topological polar surface area (TPSA) is 21.3 Å². The van der Waals surface area contributed by atoms with Crippen molar-refractivity contribution in [2.24, 2.45) is 0 Å². The first-order chi connectivity index (χ1) is 9.78. The summed E-state index contributed by atoms with van der Waals surface area (Å²) >= 11 is 0. The molecular formula is C18H21NO. The number of hydrogen-bond acceptors (Lipinski definition) is 2. The van der Waals surface area contributed by atoms with Crippen molar-refractivity contribution in [2.75, 3.05) is 7.11 Å². The van der Waals surface area contributed by atoms with Crippen LogP contribution >= 0.6 is 0 Å². The second-order valence-electron chi connectivity index (χ2n) is 5.50. The van der Waals surface area contributed by atoms with E-state index >= 15 is 0 Å². The van der Waals surface area contributed by atoms with Gasteiger partial charge >= 0.3 is 0 Å². The Hall–Kier alpha value is -1.80. The quantitative estimate of drug-likeness (QED) is 0.915. The molecule has 104 valence electrons. The van der Waals surface area contributed by atoms with Gasteiger partial charge in [0.2, 0.25) is 0 Å². The van der Waals surface area contributed by atoms with Gasteiger partial charge in [0, 0.05) is 17.6 Å². The summed E-state index contributed by atoms with van der Waals surface area (Å²) in [6, 6.07) is 17.8. The SMILES string of the molecule is COc1ccccc1[C@@H](C)NC1Cc2ccccc2C1. The lowest BCUT2D eigenvalue weighted by Gasteiger charge is -2.21. The van der Waals surface area contributed by atoms with Gasteiger partial charge in [-0.25, -0.2) is 0 Å². The van der Waals surface area contributed by atoms with E-state index in [1.54, 1.807) is 7.11 Å². The number of nitrogens with one attached hydrogen (secondary N) is 1. The molecule has 2 aromatic carbocycles. The predicted octanol–water partition coefficient (Wildman–Crippen LogP) is 3.51. The number of rotatable bonds is 4. The highest BCUT2D eigenvalue weighted by Gasteiger charge is 2.23. The summed E-state index contributed by atoms with van der Waals surface area (Å²) in [6.45, 7) is 2.21. The molecule has 0 unspecified atom stereocenters. The second kappa shape index (κ2) is 5.68. The lowest BCUT2D eigenvalue weighted by molar-refractivity contribution is 0.394. The van der Waals surface area contributed by atoms with Crippen LogP contribution in [-0.4, -0.2) is 13.2 Å². The summed E-state index contributed by atoms with van der Waals surface area (Å²) in [5, 5.41) is 3.74. The van der Waals surface area contributed by atoms with Crippen LogP contribution in [0.1, 0.15) is 29.7 Å². The fraction of sp³-hybridized carbons (Fsp3) is 0.333. The highest BCUT2D eigenvalue weighted by molar-refractivity contribution is 5.37. The third kappa shape index (κ3) is 2.56. The van der Waals surface area contributed by atoms with Gasteiger partial charge in [0.05, 0.1) is 7.11 Å². The molecule has 0 saturated heterocycles. The molecule has 3 rings (SSSR count). The summed E-state index contributed by atoms with van der Waals surface area (Å²) in [4.78, 5) is 0. The van der Waals surface area contributed by atoms with Crippen molar-refractivity contribution in [2.45, 2.75) is 31.8 Å². The molecule has 0 spiro atoms. The summed E-state index contributed by atoms with van der Waals surface area (Å²) in [7, 11) is 1.73. The third-order valence-corrected chi connectivity index (χ3v) is 4.14. The van der Waals surface area contributed by atoms with Crippen molar-refractivity contribution < 1.29 is 4.74 Å². The Morgan fingerprint density at radius 1 is 1.00 bits per heavy atom. The van der Waals surface area contributed by atoms with E-state index in [0.717, 1.165) is 18.6 Å². The van der Waals surface area contributed by atoms with E-state index < -0.39 is 0 Å². The Bertz CT molecular complexity index is 568. The molecule has 1 aliphatic carbocycles. The lowest BCUT2D eigenvalue weighted by Crippen LogP contribution is -2.32. The maximum atomic E-state index is 5.45. The molecule has 1 aliphatic rings. The normalized spacial score (nSPS) is 15.9. The van der Waals surface area contributed by atoms with Crippen molar-refractivity contribution in [3.05, 3.63) is 65.2 Å². The van der Waals surface area contributed by atoms with Crippen LogP contribution in [0.25, 0.3) is 0 Å². The van der Waals surface area contributed by atoms with E-state index in [0.29, 0.717) is 12.1 Å². The Morgan fingerprint density at radius 3 is 2.25 bits per heavy atom. The van der Waals surface area contributed by atoms with E-state index in [4.69, 9.17) is 4.74 Å². The maximum absolute atomic E-state index is 5.45. The monoisotopic (exact) mass is 267 g/mol. The van der Waals surface area contributed by atoms with E-state index in [1.807, 2.05) is 12.1 Å². The van der Waals surface area contributed by atoms with Crippen LogP contribution in [0.5, 0.6) is 5.75 Å². The average molecular weight is 267 g/mol. The Labute approximate surface area is 120 Å². The molecule has 0 amide bonds. The molecule has 0 radical (unpaired) electrons. The fourth-order valence-corrected chi connectivity index (χ4v) is 3.14. The third-order valence-electron chi connectivity index (χ3n) is 4.14. The van der Waals surface area contributed by atoms with Gasteiger partial charge in [0.25, 0.3) is 0 Å². The Morgan fingerprint density at radius 2 is 1.60 bits per heavy atom. The maximum Gasteiger partial charge on any atom is 0.123 e. The van der Waals surface area contributed by atoms with E-state index in [-0.39, 0.29) is 0 Å². The van der Waals surface area contributed by atoms with Gasteiger partial charge in [-0.1, -0.05) is 42.5 Å². The highest BCUT2D eigenvalue weighted by Crippen LogP contribution is 2.27. The summed E-state index contributed by atoms with van der Waals surface area (Å²) in [6.07, 6.45) is 2.24. The van der Waals surface area contributed by atoms with Crippen molar-refractivity contribution in [1.29, 1.82) is 0 Å². The second-order valence-corrected chi connectivity index (χ2v) is 5.50. The molecule has 2 nitrogen and oxygen atoms in total. The first-order valence-electron chi connectivity index (χ1n) is 7.23. The molecule has 0 aromatic heterocycles. The number of methoxy groups -OCH3 is 1. The summed E-state index contributed by atoms with van der Waals surface area (Å²) < 4.78 is 5.45. The van der Waals surface area contributed by atoms with Gasteiger partial charge in [-0.15, -0.1) is 0 Å². The number of para-hydroxylation sites is 1. The van der Waals surface area contributed by atoms with E-state index in [9.17, 15) is 0 Å². The standard InChI is InChI=1S/C18H21NO/c1-13(17-9-5-6-10-18(17)20-2)19-16-11-14-7-3-4-8-15(14)12-16/h3-10,13,16,19H,11-12H2,1-2H3/t13-/m1/s1. The molecule has 0 fully saturated rings. The molecule has 0 bridgehead atoms. The fourth-order valence-electron chi connectivity index (χ4n) is 3.14. The molecule has 1 atom stereocenters. The van der Waals surface area contributed by atoms with Crippen LogP contribution in [0.3, 0.4) is 0 Å². The van der Waals surface area contributed by atoms with Gasteiger partial charge in [0.15, 0.2) is 0 Å². The minimum atomic E-state index is 0.297. The Kier molecular flexibility index (Phi) is 3.75. The zero-order valence-electron chi connectivity index (χ0n) is 12.1. The van der Waals surface area contributed by atoms with Crippen LogP contribution < -0.4 is 10.1 Å². The largest absolute Gasteiger partial charge is 0.496 e.